The van der Waals surface area contributed by atoms with Gasteiger partial charge in [-0.15, -0.1) is 0 Å². The summed E-state index contributed by atoms with van der Waals surface area (Å²) in [4.78, 5) is 9.98. The van der Waals surface area contributed by atoms with E-state index in [0.29, 0.717) is 0 Å². The quantitative estimate of drug-likeness (QED) is 0.578. The number of aliphatic carboxylic acids is 1. The van der Waals surface area contributed by atoms with Gasteiger partial charge in [0.05, 0.1) is 0 Å². The molecule has 0 saturated carbocycles. The minimum atomic E-state index is -2.16. The summed E-state index contributed by atoms with van der Waals surface area (Å²) in [6.45, 7) is 1.06. The van der Waals surface area contributed by atoms with Crippen molar-refractivity contribution in [1.82, 2.24) is 0 Å². The van der Waals surface area contributed by atoms with Crippen molar-refractivity contribution in [3.8, 4) is 0 Å². The number of nitrogens with two attached hydrogens (primary N) is 1. The van der Waals surface area contributed by atoms with Crippen LogP contribution in [0.5, 0.6) is 0 Å². The van der Waals surface area contributed by atoms with Crippen LogP contribution in [-0.2, 0) is 4.79 Å². The molecule has 1 unspecified atom stereocenters. The monoisotopic (exact) mass is 135 g/mol. The van der Waals surface area contributed by atoms with Gasteiger partial charge in [-0.05, 0) is 13.5 Å². The van der Waals surface area contributed by atoms with E-state index >= 15 is 0 Å². The average Bonchev–Trinajstić information content (AvgIpc) is 1.65. The summed E-state index contributed by atoms with van der Waals surface area (Å²) in [7, 11) is 0. The normalized spacial score (nSPS) is 16.8. The first-order chi connectivity index (χ1) is 4.00. The van der Waals surface area contributed by atoms with E-state index in [1.54, 1.807) is 0 Å². The van der Waals surface area contributed by atoms with Gasteiger partial charge in [0.1, 0.15) is 0 Å². The zero-order valence-electron chi connectivity index (χ0n) is 5.22. The molecule has 0 fully saturated rings. The van der Waals surface area contributed by atoms with E-state index in [-0.39, 0.29) is 13.0 Å². The largest absolute Gasteiger partial charge is 0.479 e. The summed E-state index contributed by atoms with van der Waals surface area (Å²) < 4.78 is 12.5. The Labute approximate surface area is 52.7 Å². The molecule has 0 aliphatic rings. The summed E-state index contributed by atoms with van der Waals surface area (Å²) in [6.07, 6.45) is -0.137. The fourth-order valence-corrected chi connectivity index (χ4v) is 0.378. The van der Waals surface area contributed by atoms with E-state index in [1.807, 2.05) is 0 Å². The molecule has 1 atom stereocenters. The van der Waals surface area contributed by atoms with Gasteiger partial charge < -0.3 is 10.8 Å². The Morgan fingerprint density at radius 3 is 2.44 bits per heavy atom. The Kier molecular flexibility index (Phi) is 2.58. The van der Waals surface area contributed by atoms with Crippen LogP contribution >= 0.6 is 0 Å². The molecule has 3 nitrogen and oxygen atoms in total. The second-order valence-electron chi connectivity index (χ2n) is 2.04. The number of carboxylic acid groups (broad SMARTS) is 1. The smallest absolute Gasteiger partial charge is 0.341 e. The van der Waals surface area contributed by atoms with Gasteiger partial charge in [-0.1, -0.05) is 0 Å². The Bertz CT molecular complexity index is 114. The molecule has 0 aromatic carbocycles. The summed E-state index contributed by atoms with van der Waals surface area (Å²) >= 11 is 0. The third kappa shape index (κ3) is 2.41. The van der Waals surface area contributed by atoms with Crippen LogP contribution in [0.15, 0.2) is 0 Å². The average molecular weight is 135 g/mol. The first kappa shape index (κ1) is 8.36. The van der Waals surface area contributed by atoms with Gasteiger partial charge in [-0.3, -0.25) is 0 Å². The second-order valence-corrected chi connectivity index (χ2v) is 2.04. The Balaban J connectivity index is 3.85. The van der Waals surface area contributed by atoms with E-state index in [2.05, 4.69) is 0 Å². The van der Waals surface area contributed by atoms with Gasteiger partial charge >= 0.3 is 5.97 Å². The summed E-state index contributed by atoms with van der Waals surface area (Å²) in [5.41, 5.74) is 2.79. The minimum absolute atomic E-state index is 0.0549. The maximum atomic E-state index is 12.5. The van der Waals surface area contributed by atoms with Gasteiger partial charge in [0.15, 0.2) is 0 Å². The van der Waals surface area contributed by atoms with Crippen LogP contribution in [0.4, 0.5) is 4.39 Å². The number of carboxylic acids is 1. The van der Waals surface area contributed by atoms with Crippen LogP contribution in [0.1, 0.15) is 13.3 Å². The number of hydrogen-bond acceptors (Lipinski definition) is 2. The molecule has 0 aliphatic heterocycles. The van der Waals surface area contributed by atoms with E-state index in [4.69, 9.17) is 10.8 Å². The van der Waals surface area contributed by atoms with E-state index in [0.717, 1.165) is 6.92 Å². The highest BCUT2D eigenvalue weighted by atomic mass is 19.1. The Morgan fingerprint density at radius 1 is 1.89 bits per heavy atom. The number of halogens is 1. The number of carbonyl (C=O) groups is 1. The maximum Gasteiger partial charge on any atom is 0.341 e. The molecule has 0 heterocycles. The summed E-state index contributed by atoms with van der Waals surface area (Å²) in [5, 5.41) is 8.14. The summed E-state index contributed by atoms with van der Waals surface area (Å²) in [5.74, 6) is -1.45. The second kappa shape index (κ2) is 2.77. The van der Waals surface area contributed by atoms with Crippen molar-refractivity contribution in [2.24, 2.45) is 5.73 Å². The predicted molar refractivity (Wildman–Crippen MR) is 30.8 cm³/mol. The molecule has 0 aromatic rings. The third-order valence-corrected chi connectivity index (χ3v) is 1.06. The Morgan fingerprint density at radius 2 is 2.33 bits per heavy atom. The van der Waals surface area contributed by atoms with E-state index in [9.17, 15) is 9.18 Å². The van der Waals surface area contributed by atoms with Gasteiger partial charge in [0, 0.05) is 6.42 Å². The van der Waals surface area contributed by atoms with E-state index < -0.39 is 11.6 Å². The molecule has 0 saturated heterocycles. The maximum absolute atomic E-state index is 12.5. The van der Waals surface area contributed by atoms with Crippen LogP contribution in [-0.4, -0.2) is 23.3 Å². The van der Waals surface area contributed by atoms with Gasteiger partial charge in [0.25, 0.3) is 0 Å². The zero-order valence-corrected chi connectivity index (χ0v) is 5.22. The molecule has 0 aromatic heterocycles. The van der Waals surface area contributed by atoms with Crippen molar-refractivity contribution in [1.29, 1.82) is 0 Å². The fourth-order valence-electron chi connectivity index (χ4n) is 0.378. The zero-order chi connectivity index (χ0) is 7.49. The lowest BCUT2D eigenvalue weighted by molar-refractivity contribution is -0.149. The lowest BCUT2D eigenvalue weighted by Crippen LogP contribution is -2.32. The molecule has 0 amide bonds. The first-order valence-corrected chi connectivity index (χ1v) is 2.63. The van der Waals surface area contributed by atoms with Crippen LogP contribution in [0, 0.1) is 0 Å². The van der Waals surface area contributed by atoms with Crippen LogP contribution in [0.25, 0.3) is 0 Å². The molecule has 3 N–H and O–H groups in total. The SMILES string of the molecule is CC(F)(CCN)C(=O)O. The lowest BCUT2D eigenvalue weighted by atomic mass is 10.1. The summed E-state index contributed by atoms with van der Waals surface area (Å²) in [6, 6.07) is 0. The van der Waals surface area contributed by atoms with Gasteiger partial charge in [0.2, 0.25) is 5.67 Å². The molecule has 0 rings (SSSR count). The highest BCUT2D eigenvalue weighted by Crippen LogP contribution is 2.13. The molecular weight excluding hydrogens is 125 g/mol. The lowest BCUT2D eigenvalue weighted by Gasteiger charge is -2.11. The van der Waals surface area contributed by atoms with Gasteiger partial charge in [-0.2, -0.15) is 0 Å². The van der Waals surface area contributed by atoms with Crippen molar-refractivity contribution < 1.29 is 14.3 Å². The van der Waals surface area contributed by atoms with Crippen LogP contribution in [0.2, 0.25) is 0 Å². The van der Waals surface area contributed by atoms with Crippen molar-refractivity contribution in [3.63, 3.8) is 0 Å². The fraction of sp³-hybridized carbons (Fsp3) is 0.800. The number of rotatable bonds is 3. The highest BCUT2D eigenvalue weighted by Gasteiger charge is 2.31. The predicted octanol–water partition coefficient (Wildman–Crippen LogP) is 0.148. The van der Waals surface area contributed by atoms with Crippen molar-refractivity contribution >= 4 is 5.97 Å². The van der Waals surface area contributed by atoms with Crippen LogP contribution < -0.4 is 5.73 Å². The topological polar surface area (TPSA) is 63.3 Å². The standard InChI is InChI=1S/C5H10FNO2/c1-5(6,2-3-7)4(8)9/h2-3,7H2,1H3,(H,8,9). The molecule has 0 radical (unpaired) electrons. The molecule has 4 heteroatoms. The van der Waals surface area contributed by atoms with Crippen molar-refractivity contribution in [2.45, 2.75) is 19.0 Å². The number of alkyl halides is 1. The van der Waals surface area contributed by atoms with Gasteiger partial charge in [-0.25, -0.2) is 9.18 Å². The molecule has 0 spiro atoms. The van der Waals surface area contributed by atoms with Crippen molar-refractivity contribution in [3.05, 3.63) is 0 Å². The van der Waals surface area contributed by atoms with Crippen LogP contribution in [0.3, 0.4) is 0 Å². The molecule has 0 aliphatic carbocycles. The Hall–Kier alpha value is -0.640. The van der Waals surface area contributed by atoms with Crippen molar-refractivity contribution in [2.75, 3.05) is 6.54 Å². The minimum Gasteiger partial charge on any atom is -0.479 e. The molecule has 0 bridgehead atoms. The van der Waals surface area contributed by atoms with E-state index in [1.165, 1.54) is 0 Å². The molecule has 54 valence electrons. The third-order valence-electron chi connectivity index (χ3n) is 1.06. The highest BCUT2D eigenvalue weighted by molar-refractivity contribution is 5.76. The molecule has 9 heavy (non-hydrogen) atoms. The first-order valence-electron chi connectivity index (χ1n) is 2.63. The molecular formula is C5H10FNO2. The number of hydrogen-bond donors (Lipinski definition) is 2.